The molecule has 2 aliphatic carbocycles. The summed E-state index contributed by atoms with van der Waals surface area (Å²) in [5.41, 5.74) is 8.88. The van der Waals surface area contributed by atoms with Crippen molar-refractivity contribution in [3.8, 4) is 39.5 Å². The number of hydrogen-bond donors (Lipinski definition) is 4. The number of carbonyl (C=O) groups excluding carboxylic acids is 2. The number of Topliss-reactive ketones (excluding diaryl/α,β-unsaturated/α-hetero) is 2. The number of nitrogens with zero attached hydrogens (tertiary/aromatic N) is 8. The van der Waals surface area contributed by atoms with Gasteiger partial charge in [-0.1, -0.05) is 46.9 Å². The number of fused-ring (bicyclic) bond motifs is 2. The molecule has 4 aliphatic rings. The highest BCUT2D eigenvalue weighted by atomic mass is 35.5. The molecule has 4 fully saturated rings. The Hall–Kier alpha value is -7.27. The molecule has 79 heavy (non-hydrogen) atoms. The SMILES string of the molecule is CN(C)C1CCN(c2ccc(Nc3c(C(=O)C4CC4)cnc4ccc(-c5cc(Cl)c(O)c(Cl)c5)cc34)cn2)C1.COc1cc(-c2ccc3ncc(C(=O)C4CC4)c(Nc4ccc(N5CCC(N(C)C)C5)nc4)c3c2)cc(Cl)c1O. The molecule has 2 aliphatic heterocycles. The summed E-state index contributed by atoms with van der Waals surface area (Å²) in [6.45, 7) is 3.87. The molecule has 0 radical (unpaired) electrons. The van der Waals surface area contributed by atoms with Crippen molar-refractivity contribution >= 4 is 103 Å². The van der Waals surface area contributed by atoms with Crippen LogP contribution in [0.4, 0.5) is 34.4 Å². The van der Waals surface area contributed by atoms with E-state index in [0.29, 0.717) is 34.6 Å². The van der Waals surface area contributed by atoms with Gasteiger partial charge in [-0.2, -0.15) is 0 Å². The van der Waals surface area contributed by atoms with Gasteiger partial charge in [-0.15, -0.1) is 0 Å². The van der Waals surface area contributed by atoms with Gasteiger partial charge >= 0.3 is 0 Å². The Labute approximate surface area is 474 Å². The fourth-order valence-electron chi connectivity index (χ4n) is 10.5. The van der Waals surface area contributed by atoms with Gasteiger partial charge in [-0.05, 0) is 162 Å². The highest BCUT2D eigenvalue weighted by Crippen LogP contribution is 2.44. The van der Waals surface area contributed by atoms with Crippen molar-refractivity contribution in [3.63, 3.8) is 0 Å². The summed E-state index contributed by atoms with van der Waals surface area (Å²) in [5.74, 6) is 2.23. The van der Waals surface area contributed by atoms with Crippen LogP contribution in [0.15, 0.2) is 110 Å². The molecule has 4 aromatic carbocycles. The first-order chi connectivity index (χ1) is 38.1. The quantitative estimate of drug-likeness (QED) is 0.0714. The summed E-state index contributed by atoms with van der Waals surface area (Å²) in [6, 6.07) is 27.6. The van der Waals surface area contributed by atoms with Crippen molar-refractivity contribution in [2.45, 2.75) is 50.6 Å². The number of pyridine rings is 4. The van der Waals surface area contributed by atoms with Crippen LogP contribution in [0.3, 0.4) is 0 Å². The summed E-state index contributed by atoms with van der Waals surface area (Å²) in [7, 11) is 9.95. The Balaban J connectivity index is 0.000000167. The van der Waals surface area contributed by atoms with Crippen molar-refractivity contribution < 1.29 is 24.5 Å². The first kappa shape index (κ1) is 53.7. The van der Waals surface area contributed by atoms with Crippen molar-refractivity contribution in [2.75, 3.05) is 81.9 Å². The van der Waals surface area contributed by atoms with Crippen LogP contribution in [0, 0.1) is 11.8 Å². The van der Waals surface area contributed by atoms with E-state index in [0.717, 1.165) is 132 Å². The number of aromatic nitrogens is 4. The van der Waals surface area contributed by atoms with Crippen molar-refractivity contribution in [2.24, 2.45) is 11.8 Å². The molecule has 12 rings (SSSR count). The van der Waals surface area contributed by atoms with E-state index in [1.165, 1.54) is 7.11 Å². The molecule has 8 aromatic rings. The molecule has 0 bridgehead atoms. The van der Waals surface area contributed by atoms with E-state index in [-0.39, 0.29) is 55.7 Å². The molecular weight excluding hydrogens is 1060 g/mol. The topological polar surface area (TPSA) is 172 Å². The molecule has 2 unspecified atom stereocenters. The van der Waals surface area contributed by atoms with E-state index in [2.05, 4.69) is 68.4 Å². The number of phenols is 2. The normalized spacial score (nSPS) is 17.1. The molecule has 0 amide bonds. The zero-order valence-corrected chi connectivity index (χ0v) is 46.9. The summed E-state index contributed by atoms with van der Waals surface area (Å²) in [4.78, 5) is 54.5. The van der Waals surface area contributed by atoms with Gasteiger partial charge < -0.3 is 45.2 Å². The first-order valence-electron chi connectivity index (χ1n) is 26.6. The van der Waals surface area contributed by atoms with Gasteiger partial charge in [0, 0.05) is 73.3 Å². The molecular formula is C61H61Cl3N10O5. The second-order valence-corrected chi connectivity index (χ2v) is 22.6. The minimum absolute atomic E-state index is 0.0444. The van der Waals surface area contributed by atoms with Crippen LogP contribution in [0.25, 0.3) is 44.1 Å². The number of aromatic hydroxyl groups is 2. The standard InChI is InChI=1S/C31H32ClN5O3.C30H29Cl2N5O2/c1-36(2)22-10-11-37(17-22)28-9-7-21(15-34-28)35-29-23-12-19(20-13-25(32)31(39)27(14-20)40-3)6-8-26(23)33-16-24(29)30(38)18-4-5-18;1-36(2)21-9-10-37(16-21)27-8-6-20(14-34-27)35-28-22-11-18(19-12-24(31)30(39)25(32)13-19)5-7-26(22)33-15-23(28)29(38)17-3-4-17/h6-9,12-16,18,22,39H,4-5,10-11,17H2,1-3H3,(H,33,35);5-8,11-15,17,21,39H,3-4,9-10,16H2,1-2H3,(H,33,35). The number of ketones is 2. The number of rotatable bonds is 15. The van der Waals surface area contributed by atoms with Gasteiger partial charge in [0.1, 0.15) is 11.6 Å². The minimum Gasteiger partial charge on any atom is -0.505 e. The third kappa shape index (κ3) is 11.5. The van der Waals surface area contributed by atoms with E-state index in [1.54, 1.807) is 36.7 Å². The largest absolute Gasteiger partial charge is 0.505 e. The van der Waals surface area contributed by atoms with Crippen LogP contribution in [0.5, 0.6) is 17.2 Å². The Morgan fingerprint density at radius 1 is 0.544 bits per heavy atom. The molecule has 18 heteroatoms. The van der Waals surface area contributed by atoms with Crippen LogP contribution in [-0.2, 0) is 0 Å². The van der Waals surface area contributed by atoms with Gasteiger partial charge in [0.15, 0.2) is 28.8 Å². The highest BCUT2D eigenvalue weighted by Gasteiger charge is 2.34. The molecule has 4 aromatic heterocycles. The predicted molar refractivity (Wildman–Crippen MR) is 317 cm³/mol. The number of halogens is 3. The lowest BCUT2D eigenvalue weighted by molar-refractivity contribution is 0.0960. The Bertz CT molecular complexity index is 3610. The van der Waals surface area contributed by atoms with Crippen LogP contribution in [-0.4, -0.2) is 125 Å². The number of carbonyl (C=O) groups is 2. The van der Waals surface area contributed by atoms with E-state index in [9.17, 15) is 19.8 Å². The monoisotopic (exact) mass is 1120 g/mol. The zero-order valence-electron chi connectivity index (χ0n) is 44.6. The third-order valence-corrected chi connectivity index (χ3v) is 16.4. The number of phenolic OH excluding ortho intramolecular Hbond substituents is 2. The number of anilines is 6. The molecule has 2 atom stereocenters. The predicted octanol–water partition coefficient (Wildman–Crippen LogP) is 12.9. The molecule has 0 spiro atoms. The number of nitrogens with one attached hydrogen (secondary N) is 2. The molecule has 6 heterocycles. The van der Waals surface area contributed by atoms with Crippen LogP contribution in [0.1, 0.15) is 59.2 Å². The number of likely N-dealkylation sites (N-methyl/N-ethyl adjacent to an activating group) is 2. The minimum atomic E-state index is -0.147. The number of benzene rings is 4. The fourth-order valence-corrected chi connectivity index (χ4v) is 11.2. The van der Waals surface area contributed by atoms with E-state index in [4.69, 9.17) is 49.5 Å². The van der Waals surface area contributed by atoms with Crippen molar-refractivity contribution in [1.82, 2.24) is 29.7 Å². The van der Waals surface area contributed by atoms with E-state index < -0.39 is 0 Å². The number of hydrogen-bond acceptors (Lipinski definition) is 15. The van der Waals surface area contributed by atoms with Gasteiger partial charge in [-0.25, -0.2) is 9.97 Å². The summed E-state index contributed by atoms with van der Waals surface area (Å²) >= 11 is 18.7. The average Bonchev–Trinajstić information content (AvgIpc) is 4.44. The average molecular weight is 1120 g/mol. The lowest BCUT2D eigenvalue weighted by Gasteiger charge is -2.21. The Morgan fingerprint density at radius 3 is 1.35 bits per heavy atom. The Morgan fingerprint density at radius 2 is 0.975 bits per heavy atom. The fraction of sp³-hybridized carbons (Fsp3) is 0.311. The first-order valence-corrected chi connectivity index (χ1v) is 27.7. The van der Waals surface area contributed by atoms with Crippen LogP contribution >= 0.6 is 34.8 Å². The smallest absolute Gasteiger partial charge is 0.176 e. The van der Waals surface area contributed by atoms with E-state index >= 15 is 0 Å². The molecule has 2 saturated carbocycles. The molecule has 406 valence electrons. The maximum Gasteiger partial charge on any atom is 0.176 e. The highest BCUT2D eigenvalue weighted by molar-refractivity contribution is 6.37. The maximum absolute atomic E-state index is 13.3. The zero-order chi connectivity index (χ0) is 55.2. The molecule has 2 saturated heterocycles. The van der Waals surface area contributed by atoms with E-state index in [1.807, 2.05) is 73.1 Å². The van der Waals surface area contributed by atoms with Gasteiger partial charge in [-0.3, -0.25) is 19.6 Å². The van der Waals surface area contributed by atoms with Crippen molar-refractivity contribution in [3.05, 3.63) is 136 Å². The van der Waals surface area contributed by atoms with Gasteiger partial charge in [0.05, 0.1) is 79.5 Å². The summed E-state index contributed by atoms with van der Waals surface area (Å²) in [6.07, 6.45) is 12.8. The molecule has 15 nitrogen and oxygen atoms in total. The van der Waals surface area contributed by atoms with Gasteiger partial charge in [0.25, 0.3) is 0 Å². The van der Waals surface area contributed by atoms with Crippen LogP contribution < -0.4 is 25.2 Å². The summed E-state index contributed by atoms with van der Waals surface area (Å²) < 4.78 is 5.31. The lowest BCUT2D eigenvalue weighted by atomic mass is 9.98. The van der Waals surface area contributed by atoms with Gasteiger partial charge in [0.2, 0.25) is 0 Å². The van der Waals surface area contributed by atoms with Crippen molar-refractivity contribution in [1.29, 1.82) is 0 Å². The second-order valence-electron chi connectivity index (χ2n) is 21.4. The Kier molecular flexibility index (Phi) is 15.3. The lowest BCUT2D eigenvalue weighted by Crippen LogP contribution is -2.31. The third-order valence-electron chi connectivity index (χ3n) is 15.6. The number of methoxy groups -OCH3 is 1. The second kappa shape index (κ2) is 22.5. The molecule has 4 N–H and O–H groups in total. The number of ether oxygens (including phenoxy) is 1. The maximum atomic E-state index is 13.3. The summed E-state index contributed by atoms with van der Waals surface area (Å²) in [5, 5.41) is 29.4. The van der Waals surface area contributed by atoms with Crippen LogP contribution in [0.2, 0.25) is 15.1 Å².